The minimum Gasteiger partial charge on any atom is -0.312 e. The summed E-state index contributed by atoms with van der Waals surface area (Å²) in [5.41, 5.74) is 1.32. The molecule has 3 aliphatic carbocycles. The first-order chi connectivity index (χ1) is 14.2. The van der Waals surface area contributed by atoms with Gasteiger partial charge in [-0.3, -0.25) is 14.4 Å². The molecule has 30 heavy (non-hydrogen) atoms. The number of carbonyl (C=O) groups excluding carboxylic acids is 3. The van der Waals surface area contributed by atoms with E-state index in [1.807, 2.05) is 36.1 Å². The highest BCUT2D eigenvalue weighted by Crippen LogP contribution is 2.62. The van der Waals surface area contributed by atoms with Crippen molar-refractivity contribution >= 4 is 33.4 Å². The van der Waals surface area contributed by atoms with Crippen molar-refractivity contribution in [3.05, 3.63) is 46.1 Å². The lowest BCUT2D eigenvalue weighted by Gasteiger charge is -2.56. The normalized spacial score (nSPS) is 38.1. The number of hydrogen-bond donors (Lipinski definition) is 0. The van der Waals surface area contributed by atoms with E-state index >= 15 is 0 Å². The van der Waals surface area contributed by atoms with E-state index in [4.69, 9.17) is 0 Å². The molecule has 1 amide bonds. The van der Waals surface area contributed by atoms with E-state index in [2.05, 4.69) is 28.9 Å². The van der Waals surface area contributed by atoms with Crippen molar-refractivity contribution in [3.8, 4) is 0 Å². The van der Waals surface area contributed by atoms with Crippen LogP contribution in [0.15, 0.2) is 40.5 Å². The third-order valence-electron chi connectivity index (χ3n) is 8.53. The average molecular weight is 470 g/mol. The molecule has 1 aliphatic heterocycles. The molecule has 3 fully saturated rings. The van der Waals surface area contributed by atoms with Crippen LogP contribution in [0.5, 0.6) is 0 Å². The quantitative estimate of drug-likeness (QED) is 0.608. The predicted molar refractivity (Wildman–Crippen MR) is 117 cm³/mol. The van der Waals surface area contributed by atoms with E-state index in [1.54, 1.807) is 0 Å². The first-order valence-electron chi connectivity index (χ1n) is 11.1. The minimum atomic E-state index is -0.471. The van der Waals surface area contributed by atoms with E-state index in [0.717, 1.165) is 35.0 Å². The smallest absolute Gasteiger partial charge is 0.227 e. The number of carbonyl (C=O) groups is 3. The Morgan fingerprint density at radius 3 is 2.53 bits per heavy atom. The van der Waals surface area contributed by atoms with Gasteiger partial charge in [0.1, 0.15) is 11.6 Å². The third-order valence-corrected chi connectivity index (χ3v) is 9.06. The number of nitrogens with zero attached hydrogens (tertiary/aromatic N) is 1. The van der Waals surface area contributed by atoms with E-state index in [9.17, 15) is 14.4 Å². The number of allylic oxidation sites excluding steroid dienone is 2. The Labute approximate surface area is 186 Å². The molecule has 1 heterocycles. The maximum atomic E-state index is 13.5. The molecule has 1 aromatic carbocycles. The predicted octanol–water partition coefficient (Wildman–Crippen LogP) is 5.06. The summed E-state index contributed by atoms with van der Waals surface area (Å²) in [4.78, 5) is 40.9. The van der Waals surface area contributed by atoms with E-state index in [-0.39, 0.29) is 34.7 Å². The van der Waals surface area contributed by atoms with Gasteiger partial charge in [0, 0.05) is 46.2 Å². The van der Waals surface area contributed by atoms with Crippen LogP contribution in [0.4, 0.5) is 0 Å². The molecule has 0 radical (unpaired) electrons. The van der Waals surface area contributed by atoms with Crippen molar-refractivity contribution in [3.63, 3.8) is 0 Å². The second-order valence-electron chi connectivity index (χ2n) is 10.1. The van der Waals surface area contributed by atoms with Crippen LogP contribution in [-0.2, 0) is 20.9 Å². The summed E-state index contributed by atoms with van der Waals surface area (Å²) < 4.78 is 1.02. The summed E-state index contributed by atoms with van der Waals surface area (Å²) in [6, 6.07) is 8.07. The number of Topliss-reactive ketones (excluding diaryl/α,β-unsaturated/α-hetero) is 2. The van der Waals surface area contributed by atoms with E-state index < -0.39 is 5.41 Å². The van der Waals surface area contributed by atoms with E-state index in [0.29, 0.717) is 31.7 Å². The zero-order chi connectivity index (χ0) is 21.3. The largest absolute Gasteiger partial charge is 0.312 e. The number of amides is 1. The van der Waals surface area contributed by atoms with Crippen LogP contribution in [-0.4, -0.2) is 22.4 Å². The second-order valence-corrected chi connectivity index (χ2v) is 11.0. The molecule has 5 atom stereocenters. The average Bonchev–Trinajstić information content (AvgIpc) is 3.00. The fourth-order valence-electron chi connectivity index (χ4n) is 7.01. The van der Waals surface area contributed by atoms with Gasteiger partial charge in [-0.25, -0.2) is 0 Å². The molecule has 5 heteroatoms. The SMILES string of the molecule is CC12CC(=O)C3C(CC=C4N(Cc5ccc(Br)cc5)C(=O)CCC43C)C1CCC2=O. The van der Waals surface area contributed by atoms with Gasteiger partial charge in [0.05, 0.1) is 6.54 Å². The Balaban J connectivity index is 1.52. The highest BCUT2D eigenvalue weighted by atomic mass is 79.9. The fraction of sp³-hybridized carbons (Fsp3) is 0.560. The lowest BCUT2D eigenvalue weighted by Crippen LogP contribution is -2.57. The van der Waals surface area contributed by atoms with Gasteiger partial charge in [-0.05, 0) is 48.8 Å². The first-order valence-corrected chi connectivity index (χ1v) is 11.8. The Bertz CT molecular complexity index is 967. The van der Waals surface area contributed by atoms with Crippen molar-refractivity contribution < 1.29 is 14.4 Å². The maximum Gasteiger partial charge on any atom is 0.227 e. The second kappa shape index (κ2) is 6.88. The standard InChI is InChI=1S/C25H28BrNO3/c1-24-12-11-22(30)27(14-15-3-5-16(26)6-4-15)20(24)9-7-17-18-8-10-21(29)25(18,2)13-19(28)23(17)24/h3-6,9,17-18,23H,7-8,10-14H2,1-2H3. The van der Waals surface area contributed by atoms with Gasteiger partial charge in [0.15, 0.2) is 0 Å². The van der Waals surface area contributed by atoms with Gasteiger partial charge in [0.25, 0.3) is 0 Å². The van der Waals surface area contributed by atoms with Gasteiger partial charge in [-0.2, -0.15) is 0 Å². The molecule has 1 aromatic rings. The molecule has 1 saturated heterocycles. The molecular weight excluding hydrogens is 442 g/mol. The monoisotopic (exact) mass is 469 g/mol. The van der Waals surface area contributed by atoms with Crippen LogP contribution in [0.1, 0.15) is 57.9 Å². The van der Waals surface area contributed by atoms with Gasteiger partial charge in [0.2, 0.25) is 5.91 Å². The maximum absolute atomic E-state index is 13.5. The van der Waals surface area contributed by atoms with Crippen molar-refractivity contribution in [2.75, 3.05) is 0 Å². The Hall–Kier alpha value is -1.75. The number of fused-ring (bicyclic) bond motifs is 5. The molecule has 158 valence electrons. The van der Waals surface area contributed by atoms with Crippen molar-refractivity contribution in [2.45, 2.75) is 58.9 Å². The van der Waals surface area contributed by atoms with Crippen LogP contribution in [0.2, 0.25) is 0 Å². The molecule has 4 aliphatic rings. The number of rotatable bonds is 2. The summed E-state index contributed by atoms with van der Waals surface area (Å²) in [7, 11) is 0. The molecule has 5 rings (SSSR count). The topological polar surface area (TPSA) is 54.5 Å². The Kier molecular flexibility index (Phi) is 4.62. The zero-order valence-corrected chi connectivity index (χ0v) is 19.2. The number of ketones is 2. The molecule has 0 bridgehead atoms. The fourth-order valence-corrected chi connectivity index (χ4v) is 7.27. The summed E-state index contributed by atoms with van der Waals surface area (Å²) in [6.45, 7) is 4.75. The number of hydrogen-bond acceptors (Lipinski definition) is 3. The van der Waals surface area contributed by atoms with Crippen LogP contribution >= 0.6 is 15.9 Å². The van der Waals surface area contributed by atoms with Crippen LogP contribution in [0, 0.1) is 28.6 Å². The highest BCUT2D eigenvalue weighted by Gasteiger charge is 2.62. The Morgan fingerprint density at radius 1 is 1.07 bits per heavy atom. The van der Waals surface area contributed by atoms with Crippen LogP contribution in [0.3, 0.4) is 0 Å². The van der Waals surface area contributed by atoms with E-state index in [1.165, 1.54) is 0 Å². The summed E-state index contributed by atoms with van der Waals surface area (Å²) in [5.74, 6) is 1.08. The number of benzene rings is 1. The van der Waals surface area contributed by atoms with Crippen LogP contribution < -0.4 is 0 Å². The lowest BCUT2D eigenvalue weighted by atomic mass is 9.49. The number of halogens is 1. The number of likely N-dealkylation sites (tertiary alicyclic amines) is 1. The molecular formula is C25H28BrNO3. The highest BCUT2D eigenvalue weighted by molar-refractivity contribution is 9.10. The van der Waals surface area contributed by atoms with Gasteiger partial charge < -0.3 is 4.90 Å². The first kappa shape index (κ1) is 20.2. The van der Waals surface area contributed by atoms with Crippen LogP contribution in [0.25, 0.3) is 0 Å². The number of piperidine rings is 1. The molecule has 5 unspecified atom stereocenters. The zero-order valence-electron chi connectivity index (χ0n) is 17.6. The molecule has 2 saturated carbocycles. The molecule has 0 N–H and O–H groups in total. The van der Waals surface area contributed by atoms with Gasteiger partial charge >= 0.3 is 0 Å². The summed E-state index contributed by atoms with van der Waals surface area (Å²) >= 11 is 3.47. The van der Waals surface area contributed by atoms with Crippen molar-refractivity contribution in [2.24, 2.45) is 28.6 Å². The van der Waals surface area contributed by atoms with Gasteiger partial charge in [-0.1, -0.05) is 48.0 Å². The third kappa shape index (κ3) is 2.80. The van der Waals surface area contributed by atoms with Crippen molar-refractivity contribution in [1.29, 1.82) is 0 Å². The Morgan fingerprint density at radius 2 is 1.80 bits per heavy atom. The molecule has 4 nitrogen and oxygen atoms in total. The molecule has 0 aromatic heterocycles. The minimum absolute atomic E-state index is 0.0815. The summed E-state index contributed by atoms with van der Waals surface area (Å²) in [6.07, 6.45) is 6.10. The van der Waals surface area contributed by atoms with Gasteiger partial charge in [-0.15, -0.1) is 0 Å². The lowest BCUT2D eigenvalue weighted by molar-refractivity contribution is -0.152. The molecule has 0 spiro atoms. The summed E-state index contributed by atoms with van der Waals surface area (Å²) in [5, 5.41) is 0. The van der Waals surface area contributed by atoms with Crippen molar-refractivity contribution in [1.82, 2.24) is 4.90 Å².